The van der Waals surface area contributed by atoms with E-state index in [4.69, 9.17) is 10.5 Å². The number of hydrogen-bond donors (Lipinski definition) is 1. The normalized spacial score (nSPS) is 16.4. The summed E-state index contributed by atoms with van der Waals surface area (Å²) in [5, 5.41) is 0. The number of hydrogen-bond acceptors (Lipinski definition) is 6. The average Bonchev–Trinajstić information content (AvgIpc) is 2.79. The highest BCUT2D eigenvalue weighted by Crippen LogP contribution is 2.37. The number of piperidine rings is 1. The van der Waals surface area contributed by atoms with Crippen molar-refractivity contribution in [2.45, 2.75) is 25.3 Å². The average molecular weight is 389 g/mol. The van der Waals surface area contributed by atoms with Gasteiger partial charge in [0.2, 0.25) is 5.95 Å². The standard InChI is InChI=1S/C22H23N5O2/c1-29-17-6-4-5-16(13-17)18-14-25-22(23)26-20(18)19-7-2-3-12-27(19)21(28)15-8-10-24-11-9-15/h4-6,8-11,13-14,19H,2-3,7,12H2,1H3,(H2,23,25,26). The third kappa shape index (κ3) is 3.89. The van der Waals surface area contributed by atoms with Crippen molar-refractivity contribution in [1.82, 2.24) is 19.9 Å². The van der Waals surface area contributed by atoms with Gasteiger partial charge in [-0.2, -0.15) is 0 Å². The van der Waals surface area contributed by atoms with E-state index >= 15 is 0 Å². The Bertz CT molecular complexity index is 1010. The second-order valence-electron chi connectivity index (χ2n) is 7.01. The van der Waals surface area contributed by atoms with E-state index in [9.17, 15) is 4.79 Å². The van der Waals surface area contributed by atoms with Crippen molar-refractivity contribution in [1.29, 1.82) is 0 Å². The van der Waals surface area contributed by atoms with Crippen LogP contribution in [0.2, 0.25) is 0 Å². The monoisotopic (exact) mass is 389 g/mol. The highest BCUT2D eigenvalue weighted by molar-refractivity contribution is 5.94. The molecular formula is C22H23N5O2. The molecule has 148 valence electrons. The van der Waals surface area contributed by atoms with E-state index in [2.05, 4.69) is 15.0 Å². The maximum Gasteiger partial charge on any atom is 0.254 e. The molecule has 4 rings (SSSR count). The van der Waals surface area contributed by atoms with Gasteiger partial charge < -0.3 is 15.4 Å². The van der Waals surface area contributed by atoms with Gasteiger partial charge in [0.25, 0.3) is 5.91 Å². The highest BCUT2D eigenvalue weighted by Gasteiger charge is 2.32. The molecule has 2 N–H and O–H groups in total. The molecule has 0 radical (unpaired) electrons. The van der Waals surface area contributed by atoms with Crippen LogP contribution in [-0.4, -0.2) is 39.4 Å². The van der Waals surface area contributed by atoms with Crippen LogP contribution in [0.15, 0.2) is 55.0 Å². The van der Waals surface area contributed by atoms with Crippen molar-refractivity contribution in [2.24, 2.45) is 0 Å². The molecule has 0 saturated carbocycles. The fourth-order valence-electron chi connectivity index (χ4n) is 3.80. The Balaban J connectivity index is 1.77. The first kappa shape index (κ1) is 18.9. The summed E-state index contributed by atoms with van der Waals surface area (Å²) in [5.41, 5.74) is 9.13. The van der Waals surface area contributed by atoms with Crippen LogP contribution in [-0.2, 0) is 0 Å². The Morgan fingerprint density at radius 2 is 2.03 bits per heavy atom. The second-order valence-corrected chi connectivity index (χ2v) is 7.01. The third-order valence-electron chi connectivity index (χ3n) is 5.22. The fourth-order valence-corrected chi connectivity index (χ4v) is 3.80. The maximum atomic E-state index is 13.2. The Morgan fingerprint density at radius 1 is 1.21 bits per heavy atom. The van der Waals surface area contributed by atoms with Gasteiger partial charge in [0.1, 0.15) is 5.75 Å². The second kappa shape index (κ2) is 8.26. The number of anilines is 1. The summed E-state index contributed by atoms with van der Waals surface area (Å²) in [6.45, 7) is 0.674. The number of benzene rings is 1. The van der Waals surface area contributed by atoms with Crippen LogP contribution in [0.5, 0.6) is 5.75 Å². The molecule has 1 aromatic carbocycles. The SMILES string of the molecule is COc1cccc(-c2cnc(N)nc2C2CCCCN2C(=O)c2ccncc2)c1. The van der Waals surface area contributed by atoms with Gasteiger partial charge in [-0.25, -0.2) is 9.97 Å². The minimum absolute atomic E-state index is 0.0223. The predicted molar refractivity (Wildman–Crippen MR) is 110 cm³/mol. The van der Waals surface area contributed by atoms with E-state index in [0.717, 1.165) is 41.8 Å². The number of pyridine rings is 1. The molecule has 3 aromatic rings. The van der Waals surface area contributed by atoms with E-state index in [1.807, 2.05) is 29.2 Å². The van der Waals surface area contributed by atoms with Crippen molar-refractivity contribution in [3.63, 3.8) is 0 Å². The molecule has 1 saturated heterocycles. The van der Waals surface area contributed by atoms with Gasteiger partial charge in [0, 0.05) is 36.3 Å². The molecule has 1 unspecified atom stereocenters. The number of ether oxygens (including phenoxy) is 1. The molecular weight excluding hydrogens is 366 g/mol. The lowest BCUT2D eigenvalue weighted by molar-refractivity contribution is 0.0606. The van der Waals surface area contributed by atoms with Crippen molar-refractivity contribution in [3.05, 3.63) is 66.2 Å². The number of rotatable bonds is 4. The molecule has 3 heterocycles. The van der Waals surface area contributed by atoms with Crippen LogP contribution < -0.4 is 10.5 Å². The predicted octanol–water partition coefficient (Wildman–Crippen LogP) is 3.50. The van der Waals surface area contributed by atoms with Crippen LogP contribution in [0.25, 0.3) is 11.1 Å². The number of nitrogens with zero attached hydrogens (tertiary/aromatic N) is 4. The molecule has 1 aliphatic heterocycles. The Kier molecular flexibility index (Phi) is 5.37. The van der Waals surface area contributed by atoms with Gasteiger partial charge in [-0.1, -0.05) is 12.1 Å². The number of aromatic nitrogens is 3. The van der Waals surface area contributed by atoms with Crippen molar-refractivity contribution < 1.29 is 9.53 Å². The van der Waals surface area contributed by atoms with Gasteiger partial charge in [0.05, 0.1) is 18.8 Å². The van der Waals surface area contributed by atoms with Crippen molar-refractivity contribution >= 4 is 11.9 Å². The number of carbonyl (C=O) groups is 1. The molecule has 29 heavy (non-hydrogen) atoms. The van der Waals surface area contributed by atoms with Gasteiger partial charge in [-0.05, 0) is 49.1 Å². The summed E-state index contributed by atoms with van der Waals surface area (Å²) in [4.78, 5) is 27.9. The fraction of sp³-hybridized carbons (Fsp3) is 0.273. The van der Waals surface area contributed by atoms with Crippen LogP contribution >= 0.6 is 0 Å². The number of likely N-dealkylation sites (tertiary alicyclic amines) is 1. The number of amides is 1. The van der Waals surface area contributed by atoms with E-state index < -0.39 is 0 Å². The molecule has 0 spiro atoms. The number of carbonyl (C=O) groups excluding carboxylic acids is 1. The highest BCUT2D eigenvalue weighted by atomic mass is 16.5. The summed E-state index contributed by atoms with van der Waals surface area (Å²) >= 11 is 0. The lowest BCUT2D eigenvalue weighted by Crippen LogP contribution is -2.39. The van der Waals surface area contributed by atoms with Crippen molar-refractivity contribution in [2.75, 3.05) is 19.4 Å². The zero-order valence-corrected chi connectivity index (χ0v) is 16.3. The zero-order valence-electron chi connectivity index (χ0n) is 16.3. The lowest BCUT2D eigenvalue weighted by Gasteiger charge is -2.36. The lowest BCUT2D eigenvalue weighted by atomic mass is 9.93. The smallest absolute Gasteiger partial charge is 0.254 e. The largest absolute Gasteiger partial charge is 0.497 e. The first-order chi connectivity index (χ1) is 14.2. The van der Waals surface area contributed by atoms with Crippen LogP contribution in [0.4, 0.5) is 5.95 Å². The molecule has 1 fully saturated rings. The van der Waals surface area contributed by atoms with Crippen molar-refractivity contribution in [3.8, 4) is 16.9 Å². The maximum absolute atomic E-state index is 13.2. The summed E-state index contributed by atoms with van der Waals surface area (Å²) < 4.78 is 5.37. The number of nitrogens with two attached hydrogens (primary N) is 1. The molecule has 0 bridgehead atoms. The van der Waals surface area contributed by atoms with E-state index in [0.29, 0.717) is 12.1 Å². The van der Waals surface area contributed by atoms with Gasteiger partial charge in [-0.3, -0.25) is 9.78 Å². The van der Waals surface area contributed by atoms with Gasteiger partial charge >= 0.3 is 0 Å². The van der Waals surface area contributed by atoms with Gasteiger partial charge in [-0.15, -0.1) is 0 Å². The Labute approximate surface area is 169 Å². The van der Waals surface area contributed by atoms with E-state index in [-0.39, 0.29) is 17.9 Å². The quantitative estimate of drug-likeness (QED) is 0.734. The number of nitrogen functional groups attached to an aromatic ring is 1. The van der Waals surface area contributed by atoms with Crippen LogP contribution in [0.1, 0.15) is 41.4 Å². The summed E-state index contributed by atoms with van der Waals surface area (Å²) in [5.74, 6) is 0.929. The summed E-state index contributed by atoms with van der Waals surface area (Å²) in [6, 6.07) is 11.1. The van der Waals surface area contributed by atoms with E-state index in [1.54, 1.807) is 37.8 Å². The minimum Gasteiger partial charge on any atom is -0.497 e. The molecule has 7 heteroatoms. The first-order valence-electron chi connectivity index (χ1n) is 9.65. The molecule has 1 aliphatic rings. The molecule has 0 aliphatic carbocycles. The Hall–Kier alpha value is -3.48. The summed E-state index contributed by atoms with van der Waals surface area (Å²) in [6.07, 6.45) is 7.81. The number of methoxy groups -OCH3 is 1. The molecule has 1 atom stereocenters. The topological polar surface area (TPSA) is 94.2 Å². The van der Waals surface area contributed by atoms with Crippen LogP contribution in [0, 0.1) is 0 Å². The zero-order chi connectivity index (χ0) is 20.2. The van der Waals surface area contributed by atoms with Gasteiger partial charge in [0.15, 0.2) is 0 Å². The Morgan fingerprint density at radius 3 is 2.83 bits per heavy atom. The summed E-state index contributed by atoms with van der Waals surface area (Å²) in [7, 11) is 1.63. The van der Waals surface area contributed by atoms with E-state index in [1.165, 1.54) is 0 Å². The molecule has 1 amide bonds. The first-order valence-corrected chi connectivity index (χ1v) is 9.65. The van der Waals surface area contributed by atoms with Crippen LogP contribution in [0.3, 0.4) is 0 Å². The third-order valence-corrected chi connectivity index (χ3v) is 5.22. The minimum atomic E-state index is -0.170. The molecule has 7 nitrogen and oxygen atoms in total. The molecule has 2 aromatic heterocycles.